The van der Waals surface area contributed by atoms with E-state index in [-0.39, 0.29) is 12.1 Å². The van der Waals surface area contributed by atoms with Crippen LogP contribution in [-0.4, -0.2) is 42.4 Å². The van der Waals surface area contributed by atoms with Gasteiger partial charge in [-0.25, -0.2) is 4.79 Å². The van der Waals surface area contributed by atoms with E-state index in [2.05, 4.69) is 12.6 Å². The maximum Gasteiger partial charge on any atom is 0.410 e. The van der Waals surface area contributed by atoms with Crippen molar-refractivity contribution in [1.82, 2.24) is 4.90 Å². The molecule has 0 radical (unpaired) electrons. The number of ether oxygens (including phenoxy) is 3. The third-order valence-corrected chi connectivity index (χ3v) is 5.57. The molecule has 0 aromatic carbocycles. The monoisotopic (exact) mass is 351 g/mol. The summed E-state index contributed by atoms with van der Waals surface area (Å²) in [6, 6.07) is 4.16. The highest BCUT2D eigenvalue weighted by Gasteiger charge is 2.55. The first kappa shape index (κ1) is 17.3. The van der Waals surface area contributed by atoms with Gasteiger partial charge in [-0.05, 0) is 39.8 Å². The van der Waals surface area contributed by atoms with Crippen LogP contribution in [-0.2, 0) is 19.8 Å². The number of carbonyl (C=O) groups is 1. The van der Waals surface area contributed by atoms with Crippen molar-refractivity contribution < 1.29 is 19.0 Å². The molecule has 1 aromatic rings. The SMILES string of the molecule is C=C(OCC)c1ccc([C@@]23C[C@@H](CO2)N(C(=O)OC(C)(C)C)C3)s1. The summed E-state index contributed by atoms with van der Waals surface area (Å²) in [6.45, 7) is 13.2. The molecule has 24 heavy (non-hydrogen) atoms. The first-order chi connectivity index (χ1) is 11.2. The molecule has 0 N–H and O–H groups in total. The molecule has 2 atom stereocenters. The van der Waals surface area contributed by atoms with Crippen molar-refractivity contribution in [2.24, 2.45) is 0 Å². The largest absolute Gasteiger partial charge is 0.493 e. The van der Waals surface area contributed by atoms with Crippen LogP contribution >= 0.6 is 11.3 Å². The minimum Gasteiger partial charge on any atom is -0.493 e. The van der Waals surface area contributed by atoms with Gasteiger partial charge in [0.15, 0.2) is 0 Å². The molecule has 5 nitrogen and oxygen atoms in total. The molecule has 0 spiro atoms. The zero-order valence-electron chi connectivity index (χ0n) is 14.8. The second-order valence-electron chi connectivity index (χ2n) is 7.29. The third-order valence-electron chi connectivity index (χ3n) is 4.26. The first-order valence-corrected chi connectivity index (χ1v) is 9.12. The van der Waals surface area contributed by atoms with Crippen molar-refractivity contribution in [3.8, 4) is 0 Å². The average Bonchev–Trinajstić information content (AvgIpc) is 3.20. The van der Waals surface area contributed by atoms with E-state index in [4.69, 9.17) is 14.2 Å². The van der Waals surface area contributed by atoms with Gasteiger partial charge in [0, 0.05) is 11.3 Å². The Hall–Kier alpha value is -1.53. The van der Waals surface area contributed by atoms with E-state index in [1.54, 1.807) is 11.3 Å². The number of fused-ring (bicyclic) bond motifs is 2. The van der Waals surface area contributed by atoms with Crippen molar-refractivity contribution in [2.75, 3.05) is 19.8 Å². The standard InChI is InChI=1S/C18H25NO4S/c1-6-21-12(2)14-7-8-15(24-14)18-9-13(10-22-18)19(11-18)16(20)23-17(3,4)5/h7-8,13H,2,6,9-11H2,1,3-5H3/t13-,18-/m0/s1. The Bertz CT molecular complexity index is 648. The topological polar surface area (TPSA) is 48.0 Å². The van der Waals surface area contributed by atoms with E-state index in [0.717, 1.165) is 16.2 Å². The molecule has 132 valence electrons. The summed E-state index contributed by atoms with van der Waals surface area (Å²) >= 11 is 1.63. The third kappa shape index (κ3) is 3.17. The second-order valence-corrected chi connectivity index (χ2v) is 8.38. The normalized spacial score (nSPS) is 25.8. The van der Waals surface area contributed by atoms with Gasteiger partial charge >= 0.3 is 6.09 Å². The number of amides is 1. The summed E-state index contributed by atoms with van der Waals surface area (Å²) < 4.78 is 17.1. The molecule has 3 heterocycles. The molecule has 2 bridgehead atoms. The van der Waals surface area contributed by atoms with Crippen molar-refractivity contribution in [2.45, 2.75) is 51.4 Å². The van der Waals surface area contributed by atoms with Crippen LogP contribution in [0.2, 0.25) is 0 Å². The van der Waals surface area contributed by atoms with Gasteiger partial charge in [0.1, 0.15) is 17.0 Å². The van der Waals surface area contributed by atoms with Gasteiger partial charge in [0.05, 0.1) is 30.7 Å². The van der Waals surface area contributed by atoms with Crippen molar-refractivity contribution in [3.05, 3.63) is 28.5 Å². The Morgan fingerprint density at radius 3 is 2.92 bits per heavy atom. The van der Waals surface area contributed by atoms with Gasteiger partial charge in [-0.15, -0.1) is 11.3 Å². The first-order valence-electron chi connectivity index (χ1n) is 8.30. The zero-order chi connectivity index (χ0) is 17.5. The van der Waals surface area contributed by atoms with Crippen LogP contribution in [0.3, 0.4) is 0 Å². The Kier molecular flexibility index (Phi) is 4.38. The smallest absolute Gasteiger partial charge is 0.410 e. The van der Waals surface area contributed by atoms with E-state index in [9.17, 15) is 4.79 Å². The van der Waals surface area contributed by atoms with Gasteiger partial charge < -0.3 is 14.2 Å². The summed E-state index contributed by atoms with van der Waals surface area (Å²) in [5, 5.41) is 0. The number of morpholine rings is 1. The lowest BCUT2D eigenvalue weighted by Gasteiger charge is -2.33. The predicted octanol–water partition coefficient (Wildman–Crippen LogP) is 3.99. The van der Waals surface area contributed by atoms with Gasteiger partial charge in [0.2, 0.25) is 0 Å². The van der Waals surface area contributed by atoms with Crippen LogP contribution in [0.5, 0.6) is 0 Å². The maximum absolute atomic E-state index is 12.4. The van der Waals surface area contributed by atoms with Crippen LogP contribution in [0.4, 0.5) is 4.79 Å². The lowest BCUT2D eigenvalue weighted by atomic mass is 10.0. The molecule has 3 rings (SSSR count). The molecular formula is C18H25NO4S. The van der Waals surface area contributed by atoms with Gasteiger partial charge in [-0.3, -0.25) is 4.90 Å². The number of carbonyl (C=O) groups excluding carboxylic acids is 1. The van der Waals surface area contributed by atoms with Crippen molar-refractivity contribution in [3.63, 3.8) is 0 Å². The highest BCUT2D eigenvalue weighted by atomic mass is 32.1. The number of rotatable bonds is 4. The van der Waals surface area contributed by atoms with Crippen molar-refractivity contribution in [1.29, 1.82) is 0 Å². The van der Waals surface area contributed by atoms with Gasteiger partial charge in [0.25, 0.3) is 0 Å². The summed E-state index contributed by atoms with van der Waals surface area (Å²) in [6.07, 6.45) is 0.556. The Labute approximate surface area is 147 Å². The molecule has 1 amide bonds. The fourth-order valence-electron chi connectivity index (χ4n) is 3.23. The number of hydrogen-bond acceptors (Lipinski definition) is 5. The van der Waals surface area contributed by atoms with E-state index in [0.29, 0.717) is 25.5 Å². The Morgan fingerprint density at radius 1 is 1.50 bits per heavy atom. The fourth-order valence-corrected chi connectivity index (χ4v) is 4.31. The number of thiophene rings is 1. The van der Waals surface area contributed by atoms with E-state index in [1.807, 2.05) is 38.7 Å². The van der Waals surface area contributed by atoms with Crippen LogP contribution in [0.25, 0.3) is 5.76 Å². The van der Waals surface area contributed by atoms with Crippen molar-refractivity contribution >= 4 is 23.2 Å². The van der Waals surface area contributed by atoms with Crippen LogP contribution < -0.4 is 0 Å². The molecular weight excluding hydrogens is 326 g/mol. The van der Waals surface area contributed by atoms with Gasteiger partial charge in [-0.2, -0.15) is 0 Å². The molecule has 0 saturated carbocycles. The second kappa shape index (κ2) is 6.08. The molecule has 2 fully saturated rings. The quantitative estimate of drug-likeness (QED) is 0.770. The highest BCUT2D eigenvalue weighted by Crippen LogP contribution is 2.48. The summed E-state index contributed by atoms with van der Waals surface area (Å²) in [5.74, 6) is 0.682. The number of hydrogen-bond donors (Lipinski definition) is 0. The summed E-state index contributed by atoms with van der Waals surface area (Å²) in [7, 11) is 0. The molecule has 0 aliphatic carbocycles. The maximum atomic E-state index is 12.4. The Morgan fingerprint density at radius 2 is 2.25 bits per heavy atom. The molecule has 2 aliphatic rings. The van der Waals surface area contributed by atoms with Gasteiger partial charge in [-0.1, -0.05) is 6.58 Å². The molecule has 2 aliphatic heterocycles. The molecule has 0 unspecified atom stereocenters. The average molecular weight is 351 g/mol. The predicted molar refractivity (Wildman–Crippen MR) is 94.0 cm³/mol. The van der Waals surface area contributed by atoms with Crippen LogP contribution in [0.1, 0.15) is 43.9 Å². The number of likely N-dealkylation sites (tertiary alicyclic amines) is 1. The minimum absolute atomic E-state index is 0.0838. The van der Waals surface area contributed by atoms with E-state index >= 15 is 0 Å². The summed E-state index contributed by atoms with van der Waals surface area (Å²) in [5.41, 5.74) is -0.907. The van der Waals surface area contributed by atoms with E-state index in [1.165, 1.54) is 0 Å². The van der Waals surface area contributed by atoms with Crippen LogP contribution in [0.15, 0.2) is 18.7 Å². The van der Waals surface area contributed by atoms with E-state index < -0.39 is 11.2 Å². The Balaban J connectivity index is 1.76. The lowest BCUT2D eigenvalue weighted by molar-refractivity contribution is -0.0540. The molecule has 6 heteroatoms. The minimum atomic E-state index is -0.488. The lowest BCUT2D eigenvalue weighted by Crippen LogP contribution is -2.46. The summed E-state index contributed by atoms with van der Waals surface area (Å²) in [4.78, 5) is 16.4. The molecule has 2 saturated heterocycles. The fraction of sp³-hybridized carbons (Fsp3) is 0.611. The van der Waals surface area contributed by atoms with Crippen LogP contribution in [0, 0.1) is 0 Å². The highest BCUT2D eigenvalue weighted by molar-refractivity contribution is 7.13. The molecule has 1 aromatic heterocycles. The zero-order valence-corrected chi connectivity index (χ0v) is 15.6. The number of nitrogens with zero attached hydrogens (tertiary/aromatic N) is 1.